The molecule has 1 saturated carbocycles. The van der Waals surface area contributed by atoms with Crippen LogP contribution in [0.1, 0.15) is 45.6 Å². The van der Waals surface area contributed by atoms with Crippen molar-refractivity contribution in [3.8, 4) is 0 Å². The summed E-state index contributed by atoms with van der Waals surface area (Å²) in [5, 5.41) is 14.6. The van der Waals surface area contributed by atoms with Gasteiger partial charge in [0.05, 0.1) is 4.92 Å². The van der Waals surface area contributed by atoms with E-state index < -0.39 is 0 Å². The molecule has 0 bridgehead atoms. The van der Waals surface area contributed by atoms with E-state index in [4.69, 9.17) is 0 Å². The van der Waals surface area contributed by atoms with Gasteiger partial charge in [-0.3, -0.25) is 10.1 Å². The first-order valence-corrected chi connectivity index (χ1v) is 7.55. The van der Waals surface area contributed by atoms with E-state index in [2.05, 4.69) is 19.2 Å². The van der Waals surface area contributed by atoms with Crippen LogP contribution in [0.5, 0.6) is 0 Å². The number of hydrogen-bond donors (Lipinski definition) is 1. The van der Waals surface area contributed by atoms with Crippen LogP contribution in [0.15, 0.2) is 18.2 Å². The smallest absolute Gasteiger partial charge is 0.274 e. The summed E-state index contributed by atoms with van der Waals surface area (Å²) in [4.78, 5) is 10.8. The van der Waals surface area contributed by atoms with Gasteiger partial charge in [-0.2, -0.15) is 0 Å². The fourth-order valence-electron chi connectivity index (χ4n) is 3.07. The van der Waals surface area contributed by atoms with Crippen molar-refractivity contribution in [1.82, 2.24) is 0 Å². The fourth-order valence-corrected chi connectivity index (χ4v) is 3.07. The van der Waals surface area contributed by atoms with E-state index in [0.717, 1.165) is 23.6 Å². The van der Waals surface area contributed by atoms with E-state index in [-0.39, 0.29) is 10.6 Å². The predicted octanol–water partition coefficient (Wildman–Crippen LogP) is 4.39. The average molecular weight is 276 g/mol. The van der Waals surface area contributed by atoms with Gasteiger partial charge >= 0.3 is 0 Å². The number of benzene rings is 1. The Morgan fingerprint density at radius 3 is 2.75 bits per heavy atom. The number of nitro benzene ring substituents is 1. The molecule has 20 heavy (non-hydrogen) atoms. The van der Waals surface area contributed by atoms with Gasteiger partial charge in [0.15, 0.2) is 0 Å². The van der Waals surface area contributed by atoms with Gasteiger partial charge in [0.25, 0.3) is 5.69 Å². The van der Waals surface area contributed by atoms with E-state index in [0.29, 0.717) is 18.4 Å². The van der Waals surface area contributed by atoms with Gasteiger partial charge < -0.3 is 5.32 Å². The van der Waals surface area contributed by atoms with Crippen molar-refractivity contribution in [3.63, 3.8) is 0 Å². The van der Waals surface area contributed by atoms with Gasteiger partial charge in [-0.25, -0.2) is 0 Å². The molecule has 0 aromatic heterocycles. The molecule has 1 N–H and O–H groups in total. The lowest BCUT2D eigenvalue weighted by Gasteiger charge is -2.34. The molecule has 0 heterocycles. The first kappa shape index (κ1) is 14.8. The summed E-state index contributed by atoms with van der Waals surface area (Å²) in [6.07, 6.45) is 4.35. The Balaban J connectivity index is 2.16. The standard InChI is InChI=1S/C16H24N2O2/c1-4-13-7-8-14(10-16(13)18(19)20)17-15-9-11(2)5-6-12(15)3/h7-8,10-12,15,17H,4-6,9H2,1-3H3. The fraction of sp³-hybridized carbons (Fsp3) is 0.625. The van der Waals surface area contributed by atoms with Crippen LogP contribution in [0.4, 0.5) is 11.4 Å². The summed E-state index contributed by atoms with van der Waals surface area (Å²) in [5.74, 6) is 1.35. The highest BCUT2D eigenvalue weighted by atomic mass is 16.6. The highest BCUT2D eigenvalue weighted by Gasteiger charge is 2.25. The van der Waals surface area contributed by atoms with Crippen LogP contribution >= 0.6 is 0 Å². The van der Waals surface area contributed by atoms with Crippen LogP contribution in [-0.2, 0) is 6.42 Å². The van der Waals surface area contributed by atoms with Gasteiger partial charge in [0, 0.05) is 23.4 Å². The second-order valence-corrected chi connectivity index (χ2v) is 6.10. The maximum absolute atomic E-state index is 11.1. The lowest BCUT2D eigenvalue weighted by Crippen LogP contribution is -2.33. The minimum Gasteiger partial charge on any atom is -0.382 e. The molecule has 2 rings (SSSR count). The summed E-state index contributed by atoms with van der Waals surface area (Å²) >= 11 is 0. The second-order valence-electron chi connectivity index (χ2n) is 6.10. The molecule has 3 atom stereocenters. The Labute approximate surface area is 120 Å². The largest absolute Gasteiger partial charge is 0.382 e. The zero-order valence-corrected chi connectivity index (χ0v) is 12.6. The first-order valence-electron chi connectivity index (χ1n) is 7.55. The normalized spacial score (nSPS) is 26.2. The quantitative estimate of drug-likeness (QED) is 0.655. The Kier molecular flexibility index (Phi) is 4.63. The summed E-state index contributed by atoms with van der Waals surface area (Å²) in [6.45, 7) is 6.49. The molecule has 1 aliphatic carbocycles. The van der Waals surface area contributed by atoms with Crippen molar-refractivity contribution < 1.29 is 4.92 Å². The first-order chi connectivity index (χ1) is 9.51. The number of rotatable bonds is 4. The lowest BCUT2D eigenvalue weighted by atomic mass is 9.80. The molecule has 1 fully saturated rings. The SMILES string of the molecule is CCc1ccc(NC2CC(C)CCC2C)cc1[N+](=O)[O-]. The molecule has 3 unspecified atom stereocenters. The van der Waals surface area contributed by atoms with Crippen LogP contribution in [0.3, 0.4) is 0 Å². The molecule has 0 radical (unpaired) electrons. The van der Waals surface area contributed by atoms with Crippen molar-refractivity contribution in [3.05, 3.63) is 33.9 Å². The van der Waals surface area contributed by atoms with E-state index >= 15 is 0 Å². The number of nitrogens with one attached hydrogen (secondary N) is 1. The Morgan fingerprint density at radius 1 is 1.35 bits per heavy atom. The number of hydrogen-bond acceptors (Lipinski definition) is 3. The molecule has 110 valence electrons. The third kappa shape index (κ3) is 3.30. The van der Waals surface area contributed by atoms with E-state index in [1.54, 1.807) is 6.07 Å². The van der Waals surface area contributed by atoms with E-state index in [1.807, 2.05) is 19.1 Å². The van der Waals surface area contributed by atoms with E-state index in [9.17, 15) is 10.1 Å². The molecule has 0 amide bonds. The molecular weight excluding hydrogens is 252 g/mol. The third-order valence-electron chi connectivity index (χ3n) is 4.47. The molecule has 1 aliphatic rings. The Morgan fingerprint density at radius 2 is 2.10 bits per heavy atom. The monoisotopic (exact) mass is 276 g/mol. The van der Waals surface area contributed by atoms with Gasteiger partial charge in [0.1, 0.15) is 0 Å². The van der Waals surface area contributed by atoms with Gasteiger partial charge in [0.2, 0.25) is 0 Å². The highest BCUT2D eigenvalue weighted by Crippen LogP contribution is 2.32. The predicted molar refractivity (Wildman–Crippen MR) is 82.1 cm³/mol. The van der Waals surface area contributed by atoms with Gasteiger partial charge in [-0.15, -0.1) is 0 Å². The molecule has 4 heteroatoms. The maximum Gasteiger partial charge on any atom is 0.274 e. The zero-order chi connectivity index (χ0) is 14.7. The van der Waals surface area contributed by atoms with Crippen LogP contribution in [-0.4, -0.2) is 11.0 Å². The van der Waals surface area contributed by atoms with Crippen molar-refractivity contribution in [2.24, 2.45) is 11.8 Å². The molecule has 4 nitrogen and oxygen atoms in total. The van der Waals surface area contributed by atoms with Crippen molar-refractivity contribution in [1.29, 1.82) is 0 Å². The zero-order valence-electron chi connectivity index (χ0n) is 12.6. The molecule has 0 spiro atoms. The minimum absolute atomic E-state index is 0.231. The molecule has 0 aliphatic heterocycles. The minimum atomic E-state index is -0.281. The van der Waals surface area contributed by atoms with Crippen LogP contribution in [0, 0.1) is 22.0 Å². The number of nitro groups is 1. The molecular formula is C16H24N2O2. The van der Waals surface area contributed by atoms with Crippen LogP contribution < -0.4 is 5.32 Å². The highest BCUT2D eigenvalue weighted by molar-refractivity contribution is 5.55. The topological polar surface area (TPSA) is 55.2 Å². The van der Waals surface area contributed by atoms with Gasteiger partial charge in [-0.1, -0.05) is 33.3 Å². The van der Waals surface area contributed by atoms with E-state index in [1.165, 1.54) is 12.8 Å². The summed E-state index contributed by atoms with van der Waals surface area (Å²) in [7, 11) is 0. The van der Waals surface area contributed by atoms with Crippen molar-refractivity contribution in [2.45, 2.75) is 52.5 Å². The summed E-state index contributed by atoms with van der Waals surface area (Å²) < 4.78 is 0. The molecule has 1 aromatic rings. The molecule has 1 aromatic carbocycles. The van der Waals surface area contributed by atoms with Crippen LogP contribution in [0.2, 0.25) is 0 Å². The summed E-state index contributed by atoms with van der Waals surface area (Å²) in [6, 6.07) is 5.95. The second kappa shape index (κ2) is 6.25. The van der Waals surface area contributed by atoms with Crippen LogP contribution in [0.25, 0.3) is 0 Å². The average Bonchev–Trinajstić information content (AvgIpc) is 2.42. The summed E-state index contributed by atoms with van der Waals surface area (Å²) in [5.41, 5.74) is 1.90. The third-order valence-corrected chi connectivity index (χ3v) is 4.47. The van der Waals surface area contributed by atoms with Crippen molar-refractivity contribution in [2.75, 3.05) is 5.32 Å². The number of nitrogens with zero attached hydrogens (tertiary/aromatic N) is 1. The van der Waals surface area contributed by atoms with Crippen molar-refractivity contribution >= 4 is 11.4 Å². The lowest BCUT2D eigenvalue weighted by molar-refractivity contribution is -0.385. The number of aryl methyl sites for hydroxylation is 1. The van der Waals surface area contributed by atoms with Gasteiger partial charge in [-0.05, 0) is 37.2 Å². The maximum atomic E-state index is 11.1. The molecule has 0 saturated heterocycles. The Bertz CT molecular complexity index is 487. The Hall–Kier alpha value is -1.58. The number of anilines is 1.